The number of aromatic nitrogens is 3. The molecule has 1 aromatic carbocycles. The Morgan fingerprint density at radius 1 is 1.16 bits per heavy atom. The van der Waals surface area contributed by atoms with Crippen molar-refractivity contribution in [2.24, 2.45) is 0 Å². The normalized spacial score (nSPS) is 11.3. The van der Waals surface area contributed by atoms with E-state index in [1.54, 1.807) is 13.0 Å². The van der Waals surface area contributed by atoms with E-state index in [-0.39, 0.29) is 10.6 Å². The topological polar surface area (TPSA) is 83.3 Å². The van der Waals surface area contributed by atoms with Crippen molar-refractivity contribution in [2.75, 3.05) is 14.2 Å². The quantitative estimate of drug-likeness (QED) is 0.827. The molecule has 0 radical (unpaired) electrons. The molecule has 0 fully saturated rings. The molecule has 8 heteroatoms. The Kier molecular flexibility index (Phi) is 3.43. The van der Waals surface area contributed by atoms with Crippen LogP contribution in [0.15, 0.2) is 29.7 Å². The third kappa shape index (κ3) is 2.26. The van der Waals surface area contributed by atoms with Gasteiger partial charge in [0.25, 0.3) is 10.0 Å². The lowest BCUT2D eigenvalue weighted by atomic mass is 10.2. The molecule has 7 nitrogen and oxygen atoms in total. The fourth-order valence-corrected chi connectivity index (χ4v) is 2.85. The summed E-state index contributed by atoms with van der Waals surface area (Å²) in [5, 5.41) is 3.64. The molecule has 0 spiro atoms. The zero-order chi connectivity index (χ0) is 14.0. The van der Waals surface area contributed by atoms with E-state index in [0.29, 0.717) is 5.75 Å². The van der Waals surface area contributed by atoms with E-state index in [0.717, 1.165) is 22.3 Å². The molecule has 0 amide bonds. The van der Waals surface area contributed by atoms with Gasteiger partial charge in [-0.15, -0.1) is 9.19 Å². The first-order chi connectivity index (χ1) is 9.00. The second kappa shape index (κ2) is 4.88. The Balaban J connectivity index is 2.68. The minimum atomic E-state index is -3.85. The average molecular weight is 283 g/mol. The van der Waals surface area contributed by atoms with E-state index in [1.807, 2.05) is 0 Å². The highest BCUT2D eigenvalue weighted by Gasteiger charge is 2.24. The Labute approximate surface area is 110 Å². The fraction of sp³-hybridized carbons (Fsp3) is 0.273. The maximum Gasteiger partial charge on any atom is 0.288 e. The van der Waals surface area contributed by atoms with Crippen molar-refractivity contribution in [2.45, 2.75) is 11.8 Å². The van der Waals surface area contributed by atoms with Crippen molar-refractivity contribution in [3.8, 4) is 11.5 Å². The summed E-state index contributed by atoms with van der Waals surface area (Å²) in [6.45, 7) is 1.80. The summed E-state index contributed by atoms with van der Waals surface area (Å²) in [6.07, 6.45) is 2.26. The van der Waals surface area contributed by atoms with Gasteiger partial charge in [0.15, 0.2) is 0 Å². The zero-order valence-corrected chi connectivity index (χ0v) is 11.5. The number of hydrogen-bond donors (Lipinski definition) is 0. The molecule has 0 saturated carbocycles. The van der Waals surface area contributed by atoms with Crippen LogP contribution in [0.1, 0.15) is 5.56 Å². The van der Waals surface area contributed by atoms with Crippen LogP contribution >= 0.6 is 0 Å². The van der Waals surface area contributed by atoms with Crippen LogP contribution in [-0.2, 0) is 10.0 Å². The second-order valence-electron chi connectivity index (χ2n) is 3.75. The molecule has 0 N–H and O–H groups in total. The van der Waals surface area contributed by atoms with Crippen LogP contribution in [0.25, 0.3) is 0 Å². The van der Waals surface area contributed by atoms with Gasteiger partial charge in [0, 0.05) is 6.07 Å². The van der Waals surface area contributed by atoms with Crippen LogP contribution < -0.4 is 9.47 Å². The lowest BCUT2D eigenvalue weighted by Crippen LogP contribution is -2.15. The molecule has 19 heavy (non-hydrogen) atoms. The molecule has 0 aliphatic rings. The summed E-state index contributed by atoms with van der Waals surface area (Å²) in [5.74, 6) is 0.688. The van der Waals surface area contributed by atoms with Crippen molar-refractivity contribution in [3.05, 3.63) is 30.4 Å². The van der Waals surface area contributed by atoms with Crippen molar-refractivity contribution < 1.29 is 17.9 Å². The predicted octanol–water partition coefficient (Wildman–Crippen LogP) is 0.841. The van der Waals surface area contributed by atoms with E-state index in [1.165, 1.54) is 20.3 Å². The minimum absolute atomic E-state index is 0.0250. The number of ether oxygens (including phenoxy) is 2. The number of hydrogen-bond acceptors (Lipinski definition) is 6. The first kappa shape index (κ1) is 13.3. The first-order valence-electron chi connectivity index (χ1n) is 5.33. The molecule has 2 rings (SSSR count). The van der Waals surface area contributed by atoms with Crippen LogP contribution in [0.5, 0.6) is 11.5 Å². The van der Waals surface area contributed by atoms with E-state index in [2.05, 4.69) is 10.1 Å². The van der Waals surface area contributed by atoms with Gasteiger partial charge >= 0.3 is 0 Å². The Morgan fingerprint density at radius 2 is 1.84 bits per heavy atom. The van der Waals surface area contributed by atoms with Crippen LogP contribution in [-0.4, -0.2) is 36.8 Å². The summed E-state index contributed by atoms with van der Waals surface area (Å²) < 4.78 is 35.8. The number of rotatable bonds is 4. The van der Waals surface area contributed by atoms with Gasteiger partial charge in [-0.05, 0) is 18.6 Å². The van der Waals surface area contributed by atoms with Gasteiger partial charge in [-0.2, -0.15) is 8.42 Å². The summed E-state index contributed by atoms with van der Waals surface area (Å²) in [5.41, 5.74) is 0.775. The highest BCUT2D eigenvalue weighted by Crippen LogP contribution is 2.32. The molecule has 1 heterocycles. The molecule has 0 bridgehead atoms. The largest absolute Gasteiger partial charge is 0.496 e. The third-order valence-corrected chi connectivity index (χ3v) is 4.16. The number of methoxy groups -OCH3 is 2. The lowest BCUT2D eigenvalue weighted by Gasteiger charge is -2.12. The van der Waals surface area contributed by atoms with E-state index >= 15 is 0 Å². The van der Waals surface area contributed by atoms with Gasteiger partial charge < -0.3 is 9.47 Å². The Hall–Kier alpha value is -2.09. The van der Waals surface area contributed by atoms with Crippen LogP contribution in [0.4, 0.5) is 0 Å². The third-order valence-electron chi connectivity index (χ3n) is 2.60. The number of aryl methyl sites for hydroxylation is 1. The van der Waals surface area contributed by atoms with E-state index in [9.17, 15) is 8.42 Å². The van der Waals surface area contributed by atoms with Crippen LogP contribution in [0.2, 0.25) is 0 Å². The highest BCUT2D eigenvalue weighted by molar-refractivity contribution is 7.90. The average Bonchev–Trinajstić information content (AvgIpc) is 2.92. The fourth-order valence-electron chi connectivity index (χ4n) is 1.65. The van der Waals surface area contributed by atoms with Gasteiger partial charge in [-0.3, -0.25) is 0 Å². The van der Waals surface area contributed by atoms with Crippen molar-refractivity contribution in [1.82, 2.24) is 14.2 Å². The van der Waals surface area contributed by atoms with Gasteiger partial charge in [0.1, 0.15) is 29.0 Å². The minimum Gasteiger partial charge on any atom is -0.496 e. The first-order valence-corrected chi connectivity index (χ1v) is 6.77. The van der Waals surface area contributed by atoms with Gasteiger partial charge in [-0.25, -0.2) is 4.98 Å². The maximum absolute atomic E-state index is 12.4. The lowest BCUT2D eigenvalue weighted by molar-refractivity contribution is 0.389. The predicted molar refractivity (Wildman–Crippen MR) is 66.9 cm³/mol. The molecule has 1 aromatic heterocycles. The summed E-state index contributed by atoms with van der Waals surface area (Å²) >= 11 is 0. The second-order valence-corrected chi connectivity index (χ2v) is 5.51. The molecule has 0 atom stereocenters. The standard InChI is InChI=1S/C11H13N3O4S/c1-8-4-10(18-3)11(5-9(8)17-2)19(15,16)14-7-12-6-13-14/h4-7H,1-3H3. The molecule has 0 aliphatic carbocycles. The molecule has 0 saturated heterocycles. The van der Waals surface area contributed by atoms with Gasteiger partial charge in [-0.1, -0.05) is 0 Å². The van der Waals surface area contributed by atoms with Gasteiger partial charge in [0.2, 0.25) is 0 Å². The van der Waals surface area contributed by atoms with E-state index < -0.39 is 10.0 Å². The van der Waals surface area contributed by atoms with Crippen molar-refractivity contribution in [3.63, 3.8) is 0 Å². The molecular formula is C11H13N3O4S. The molecular weight excluding hydrogens is 270 g/mol. The van der Waals surface area contributed by atoms with Crippen molar-refractivity contribution in [1.29, 1.82) is 0 Å². The van der Waals surface area contributed by atoms with Crippen molar-refractivity contribution >= 4 is 10.0 Å². The summed E-state index contributed by atoms with van der Waals surface area (Å²) in [4.78, 5) is 3.61. The molecule has 0 unspecified atom stereocenters. The number of nitrogens with zero attached hydrogens (tertiary/aromatic N) is 3. The Morgan fingerprint density at radius 3 is 2.37 bits per heavy atom. The van der Waals surface area contributed by atoms with E-state index in [4.69, 9.17) is 9.47 Å². The summed E-state index contributed by atoms with van der Waals surface area (Å²) in [6, 6.07) is 3.01. The van der Waals surface area contributed by atoms with Crippen LogP contribution in [0.3, 0.4) is 0 Å². The molecule has 2 aromatic rings. The summed E-state index contributed by atoms with van der Waals surface area (Å²) in [7, 11) is -0.972. The number of benzene rings is 1. The zero-order valence-electron chi connectivity index (χ0n) is 10.7. The SMILES string of the molecule is COc1cc(S(=O)(=O)n2cncn2)c(OC)cc1C. The molecule has 0 aliphatic heterocycles. The smallest absolute Gasteiger partial charge is 0.288 e. The highest BCUT2D eigenvalue weighted by atomic mass is 32.2. The maximum atomic E-state index is 12.4. The van der Waals surface area contributed by atoms with Crippen LogP contribution in [0, 0.1) is 6.92 Å². The van der Waals surface area contributed by atoms with Gasteiger partial charge in [0.05, 0.1) is 14.2 Å². The Bertz CT molecular complexity index is 680. The molecule has 102 valence electrons. The monoisotopic (exact) mass is 283 g/mol.